The van der Waals surface area contributed by atoms with Crippen LogP contribution < -0.4 is 4.90 Å². The van der Waals surface area contributed by atoms with Crippen LogP contribution in [0.5, 0.6) is 0 Å². The van der Waals surface area contributed by atoms with Crippen molar-refractivity contribution in [1.82, 2.24) is 9.97 Å². The Balaban J connectivity index is 1.17. The van der Waals surface area contributed by atoms with Gasteiger partial charge in [-0.15, -0.1) is 0 Å². The lowest BCUT2D eigenvalue weighted by Crippen LogP contribution is -2.46. The Hall–Kier alpha value is -3.19. The number of ether oxygens (including phenoxy) is 1. The van der Waals surface area contributed by atoms with Gasteiger partial charge in [0.2, 0.25) is 0 Å². The number of piperidine rings is 1. The summed E-state index contributed by atoms with van der Waals surface area (Å²) in [5.74, 6) is 0.222. The number of hydrogen-bond donors (Lipinski definition) is 2. The van der Waals surface area contributed by atoms with Gasteiger partial charge in [0.1, 0.15) is 11.6 Å². The Bertz CT molecular complexity index is 1190. The summed E-state index contributed by atoms with van der Waals surface area (Å²) in [4.78, 5) is 21.4. The molecule has 176 valence electrons. The lowest BCUT2D eigenvalue weighted by molar-refractivity contribution is 0.0149. The molecular formula is C27H28FN3O3. The average molecular weight is 462 g/mol. The fraction of sp³-hybridized carbons (Fsp3) is 0.407. The number of nitrogens with one attached hydrogen (secondary N) is 1. The maximum Gasteiger partial charge on any atom is 0.337 e. The standard InChI is InChI=1S/C27H28FN3O3/c28-19-3-1-2-17(10-19)23-14-30-26(16-4-5-16)24(23)15-34-22-11-20-7-8-21(12-22)31(20)25-9-6-18(13-29-25)27(32)33/h1-3,6,9-10,13-14,16,20-22,30H,4-5,7-8,11-12,15H2,(H,32,33). The van der Waals surface area contributed by atoms with E-state index < -0.39 is 5.97 Å². The smallest absolute Gasteiger partial charge is 0.337 e. The highest BCUT2D eigenvalue weighted by Crippen LogP contribution is 2.44. The largest absolute Gasteiger partial charge is 0.478 e. The molecule has 1 saturated carbocycles. The van der Waals surface area contributed by atoms with E-state index >= 15 is 0 Å². The van der Waals surface area contributed by atoms with Crippen molar-refractivity contribution in [3.63, 3.8) is 0 Å². The van der Waals surface area contributed by atoms with Gasteiger partial charge >= 0.3 is 5.97 Å². The number of hydrogen-bond acceptors (Lipinski definition) is 4. The van der Waals surface area contributed by atoms with Crippen molar-refractivity contribution in [2.24, 2.45) is 0 Å². The second kappa shape index (κ2) is 8.55. The van der Waals surface area contributed by atoms with Crippen molar-refractivity contribution >= 4 is 11.8 Å². The van der Waals surface area contributed by atoms with E-state index in [9.17, 15) is 9.18 Å². The van der Waals surface area contributed by atoms with Crippen LogP contribution in [-0.2, 0) is 11.3 Å². The maximum atomic E-state index is 13.9. The molecule has 1 aliphatic carbocycles. The summed E-state index contributed by atoms with van der Waals surface area (Å²) in [6.45, 7) is 0.525. The predicted octanol–water partition coefficient (Wildman–Crippen LogP) is 5.51. The first-order valence-electron chi connectivity index (χ1n) is 12.1. The van der Waals surface area contributed by atoms with Crippen LogP contribution in [0.15, 0.2) is 48.8 Å². The molecule has 6 nitrogen and oxygen atoms in total. The summed E-state index contributed by atoms with van der Waals surface area (Å²) < 4.78 is 20.4. The second-order valence-corrected chi connectivity index (χ2v) is 9.79. The number of carboxylic acids is 1. The number of aromatic amines is 1. The topological polar surface area (TPSA) is 78.5 Å². The fourth-order valence-electron chi connectivity index (χ4n) is 5.78. The lowest BCUT2D eigenvalue weighted by Gasteiger charge is -2.39. The minimum atomic E-state index is -0.956. The van der Waals surface area contributed by atoms with Crippen molar-refractivity contribution in [3.05, 3.63) is 71.4 Å². The summed E-state index contributed by atoms with van der Waals surface area (Å²) >= 11 is 0. The SMILES string of the molecule is O=C(O)c1ccc(N2C3CCC2CC(OCc2c(-c4cccc(F)c4)c[nH]c2C2CC2)C3)nc1. The zero-order valence-corrected chi connectivity index (χ0v) is 18.9. The minimum absolute atomic E-state index is 0.161. The molecule has 2 saturated heterocycles. The number of halogens is 1. The van der Waals surface area contributed by atoms with Gasteiger partial charge in [-0.3, -0.25) is 0 Å². The molecule has 0 radical (unpaired) electrons. The van der Waals surface area contributed by atoms with Crippen LogP contribution in [0.1, 0.15) is 66.1 Å². The quantitative estimate of drug-likeness (QED) is 0.485. The van der Waals surface area contributed by atoms with Crippen LogP contribution in [0.3, 0.4) is 0 Å². The second-order valence-electron chi connectivity index (χ2n) is 9.79. The van der Waals surface area contributed by atoms with Gasteiger partial charge in [-0.2, -0.15) is 0 Å². The molecule has 34 heavy (non-hydrogen) atoms. The van der Waals surface area contributed by atoms with Crippen molar-refractivity contribution < 1.29 is 19.0 Å². The van der Waals surface area contributed by atoms with Crippen LogP contribution in [0.2, 0.25) is 0 Å². The molecule has 7 heteroatoms. The van der Waals surface area contributed by atoms with Gasteiger partial charge in [-0.1, -0.05) is 12.1 Å². The molecule has 0 amide bonds. The fourth-order valence-corrected chi connectivity index (χ4v) is 5.78. The highest BCUT2D eigenvalue weighted by atomic mass is 19.1. The lowest BCUT2D eigenvalue weighted by atomic mass is 9.98. The van der Waals surface area contributed by atoms with Gasteiger partial charge in [-0.05, 0) is 74.3 Å². The van der Waals surface area contributed by atoms with Crippen LogP contribution in [0.4, 0.5) is 10.2 Å². The number of rotatable bonds is 7. The molecular weight excluding hydrogens is 433 g/mol. The summed E-state index contributed by atoms with van der Waals surface area (Å²) in [6, 6.07) is 10.9. The van der Waals surface area contributed by atoms with Crippen molar-refractivity contribution in [3.8, 4) is 11.1 Å². The van der Waals surface area contributed by atoms with E-state index in [1.54, 1.807) is 18.2 Å². The molecule has 2 N–H and O–H groups in total. The third kappa shape index (κ3) is 3.98. The van der Waals surface area contributed by atoms with Crippen LogP contribution >= 0.6 is 0 Å². The van der Waals surface area contributed by atoms with Crippen molar-refractivity contribution in [2.75, 3.05) is 4.90 Å². The number of H-pyrrole nitrogens is 1. The summed E-state index contributed by atoms with van der Waals surface area (Å²) in [5, 5.41) is 9.15. The number of fused-ring (bicyclic) bond motifs is 2. The number of benzene rings is 1. The van der Waals surface area contributed by atoms with Crippen molar-refractivity contribution in [2.45, 2.75) is 69.2 Å². The molecule has 0 spiro atoms. The number of carboxylic acid groups (broad SMARTS) is 1. The number of anilines is 1. The van der Waals surface area contributed by atoms with Gasteiger partial charge in [0.15, 0.2) is 0 Å². The molecule has 3 aliphatic rings. The zero-order chi connectivity index (χ0) is 23.2. The van der Waals surface area contributed by atoms with E-state index in [0.717, 1.165) is 48.2 Å². The number of aromatic carboxylic acids is 1. The monoisotopic (exact) mass is 461 g/mol. The van der Waals surface area contributed by atoms with Crippen LogP contribution in [0.25, 0.3) is 11.1 Å². The Morgan fingerprint density at radius 1 is 1.15 bits per heavy atom. The number of pyridine rings is 1. The molecule has 2 atom stereocenters. The molecule has 1 aromatic carbocycles. The highest BCUT2D eigenvalue weighted by Gasteiger charge is 2.42. The number of aromatic nitrogens is 2. The van der Waals surface area contributed by atoms with E-state index in [4.69, 9.17) is 9.84 Å². The summed E-state index contributed by atoms with van der Waals surface area (Å²) in [7, 11) is 0. The van der Waals surface area contributed by atoms with E-state index in [1.165, 1.54) is 30.8 Å². The predicted molar refractivity (Wildman–Crippen MR) is 126 cm³/mol. The van der Waals surface area contributed by atoms with Crippen LogP contribution in [0, 0.1) is 5.82 Å². The number of nitrogens with zero attached hydrogens (tertiary/aromatic N) is 2. The van der Waals surface area contributed by atoms with E-state index in [0.29, 0.717) is 24.6 Å². The van der Waals surface area contributed by atoms with Gasteiger partial charge in [0.05, 0.1) is 18.3 Å². The van der Waals surface area contributed by atoms with Gasteiger partial charge in [0, 0.05) is 41.3 Å². The van der Waals surface area contributed by atoms with E-state index in [1.807, 2.05) is 18.3 Å². The third-order valence-electron chi connectivity index (χ3n) is 7.56. The highest BCUT2D eigenvalue weighted by molar-refractivity contribution is 5.87. The summed E-state index contributed by atoms with van der Waals surface area (Å²) in [5.41, 5.74) is 4.52. The average Bonchev–Trinajstić information content (AvgIpc) is 3.54. The van der Waals surface area contributed by atoms with Crippen LogP contribution in [-0.4, -0.2) is 39.2 Å². The normalized spacial score (nSPS) is 23.9. The zero-order valence-electron chi connectivity index (χ0n) is 18.9. The molecule has 2 aliphatic heterocycles. The number of carbonyl (C=O) groups is 1. The molecule has 2 bridgehead atoms. The Kier molecular flexibility index (Phi) is 5.37. The first kappa shape index (κ1) is 21.4. The third-order valence-corrected chi connectivity index (χ3v) is 7.56. The van der Waals surface area contributed by atoms with E-state index in [2.05, 4.69) is 14.9 Å². The first-order chi connectivity index (χ1) is 16.6. The van der Waals surface area contributed by atoms with Gasteiger partial charge < -0.3 is 19.7 Å². The molecule has 3 fully saturated rings. The molecule has 2 aromatic heterocycles. The Labute approximate surface area is 197 Å². The minimum Gasteiger partial charge on any atom is -0.478 e. The van der Waals surface area contributed by atoms with Gasteiger partial charge in [0.25, 0.3) is 0 Å². The molecule has 4 heterocycles. The Morgan fingerprint density at radius 3 is 2.59 bits per heavy atom. The maximum absolute atomic E-state index is 13.9. The van der Waals surface area contributed by atoms with Gasteiger partial charge in [-0.25, -0.2) is 14.2 Å². The van der Waals surface area contributed by atoms with Crippen molar-refractivity contribution in [1.29, 1.82) is 0 Å². The summed E-state index contributed by atoms with van der Waals surface area (Å²) in [6.07, 6.45) is 10.0. The molecule has 2 unspecified atom stereocenters. The molecule has 3 aromatic rings. The first-order valence-corrected chi connectivity index (χ1v) is 12.1. The molecule has 6 rings (SSSR count). The Morgan fingerprint density at radius 2 is 1.94 bits per heavy atom. The van der Waals surface area contributed by atoms with E-state index in [-0.39, 0.29) is 17.5 Å².